The molecular weight excluding hydrogens is 490 g/mol. The molecule has 2 aliphatic carbocycles. The highest BCUT2D eigenvalue weighted by molar-refractivity contribution is 6.02. The standard InChI is InChI=1S/C31H35N5O3/c1-20(21-6-7-21)39-31(38)33-24-11-8-22(9-12-24)29-27(19-32)26-13-10-23(18-28(26)36(29)25-4-3-5-25)30(37)35-16-14-34(2)15-17-35/h8-13,18,20-21,25H,3-7,14-17H2,1-2H3,(H,33,38)/t20-/m1/s1. The van der Waals surface area contributed by atoms with E-state index in [2.05, 4.69) is 27.9 Å². The van der Waals surface area contributed by atoms with E-state index in [1.54, 1.807) is 0 Å². The molecule has 0 radical (unpaired) electrons. The summed E-state index contributed by atoms with van der Waals surface area (Å²) in [7, 11) is 2.08. The molecular formula is C31H35N5O3. The average molecular weight is 526 g/mol. The van der Waals surface area contributed by atoms with Crippen molar-refractivity contribution in [1.29, 1.82) is 5.26 Å². The molecule has 0 unspecified atom stereocenters. The fraction of sp³-hybridized carbons (Fsp3) is 0.452. The average Bonchev–Trinajstić information content (AvgIpc) is 3.72. The second-order valence-corrected chi connectivity index (χ2v) is 11.3. The van der Waals surface area contributed by atoms with Crippen molar-refractivity contribution >= 4 is 28.6 Å². The van der Waals surface area contributed by atoms with Gasteiger partial charge in [0.2, 0.25) is 0 Å². The van der Waals surface area contributed by atoms with Gasteiger partial charge in [-0.05, 0) is 81.8 Å². The highest BCUT2D eigenvalue weighted by Gasteiger charge is 2.31. The number of carbonyl (C=O) groups excluding carboxylic acids is 2. The first-order valence-electron chi connectivity index (χ1n) is 14.1. The van der Waals surface area contributed by atoms with Crippen LogP contribution in [0.1, 0.15) is 61.0 Å². The zero-order chi connectivity index (χ0) is 27.1. The number of carbonyl (C=O) groups is 2. The highest BCUT2D eigenvalue weighted by Crippen LogP contribution is 2.43. The van der Waals surface area contributed by atoms with Crippen LogP contribution in [-0.2, 0) is 4.74 Å². The summed E-state index contributed by atoms with van der Waals surface area (Å²) in [6, 6.07) is 16.1. The largest absolute Gasteiger partial charge is 0.446 e. The quantitative estimate of drug-likeness (QED) is 0.450. The lowest BCUT2D eigenvalue weighted by Gasteiger charge is -2.32. The Bertz CT molecular complexity index is 1440. The number of nitrogens with one attached hydrogen (secondary N) is 1. The minimum absolute atomic E-state index is 0.0461. The monoisotopic (exact) mass is 525 g/mol. The number of rotatable bonds is 6. The lowest BCUT2D eigenvalue weighted by atomic mass is 9.92. The second-order valence-electron chi connectivity index (χ2n) is 11.3. The first-order valence-corrected chi connectivity index (χ1v) is 14.1. The van der Waals surface area contributed by atoms with Gasteiger partial charge in [0.15, 0.2) is 0 Å². The summed E-state index contributed by atoms with van der Waals surface area (Å²) in [5.41, 5.74) is 4.65. The number of hydrogen-bond acceptors (Lipinski definition) is 5. The molecule has 3 aromatic rings. The summed E-state index contributed by atoms with van der Waals surface area (Å²) in [4.78, 5) is 29.8. The molecule has 1 saturated heterocycles. The van der Waals surface area contributed by atoms with Gasteiger partial charge in [-0.1, -0.05) is 18.2 Å². The third-order valence-electron chi connectivity index (χ3n) is 8.58. The first-order chi connectivity index (χ1) is 18.9. The van der Waals surface area contributed by atoms with Crippen molar-refractivity contribution in [3.63, 3.8) is 0 Å². The van der Waals surface area contributed by atoms with Gasteiger partial charge in [0, 0.05) is 48.9 Å². The third kappa shape index (κ3) is 4.99. The van der Waals surface area contributed by atoms with E-state index in [0.29, 0.717) is 22.7 Å². The van der Waals surface area contributed by atoms with E-state index >= 15 is 0 Å². The van der Waals surface area contributed by atoms with Crippen molar-refractivity contribution in [1.82, 2.24) is 14.4 Å². The maximum atomic E-state index is 13.4. The molecule has 3 aliphatic rings. The molecule has 1 aliphatic heterocycles. The van der Waals surface area contributed by atoms with Gasteiger partial charge in [-0.3, -0.25) is 10.1 Å². The minimum atomic E-state index is -0.444. The normalized spacial score (nSPS) is 18.8. The number of nitriles is 1. The molecule has 1 N–H and O–H groups in total. The van der Waals surface area contributed by atoms with Gasteiger partial charge in [0.1, 0.15) is 12.2 Å². The Morgan fingerprint density at radius 1 is 1.03 bits per heavy atom. The summed E-state index contributed by atoms with van der Waals surface area (Å²) < 4.78 is 7.76. The van der Waals surface area contributed by atoms with Crippen LogP contribution in [-0.4, -0.2) is 65.7 Å². The number of benzene rings is 2. The number of nitrogens with zero attached hydrogens (tertiary/aromatic N) is 4. The molecule has 39 heavy (non-hydrogen) atoms. The van der Waals surface area contributed by atoms with Crippen molar-refractivity contribution in [3.05, 3.63) is 53.6 Å². The van der Waals surface area contributed by atoms with Crippen molar-refractivity contribution < 1.29 is 14.3 Å². The molecule has 0 spiro atoms. The Kier molecular flexibility index (Phi) is 6.78. The minimum Gasteiger partial charge on any atom is -0.446 e. The molecule has 202 valence electrons. The number of anilines is 1. The fourth-order valence-electron chi connectivity index (χ4n) is 5.75. The van der Waals surface area contributed by atoms with E-state index in [-0.39, 0.29) is 18.1 Å². The van der Waals surface area contributed by atoms with Crippen molar-refractivity contribution in [2.75, 3.05) is 38.5 Å². The number of ether oxygens (including phenoxy) is 1. The Labute approximate surface area is 229 Å². The van der Waals surface area contributed by atoms with Crippen LogP contribution in [0.3, 0.4) is 0 Å². The summed E-state index contributed by atoms with van der Waals surface area (Å²) in [5, 5.41) is 14.0. The van der Waals surface area contributed by atoms with Crippen molar-refractivity contribution in [2.45, 2.75) is 51.2 Å². The number of likely N-dealkylation sites (N-methyl/N-ethyl adjacent to an activating group) is 1. The second kappa shape index (κ2) is 10.4. The predicted octanol–water partition coefficient (Wildman–Crippen LogP) is 5.64. The highest BCUT2D eigenvalue weighted by atomic mass is 16.6. The van der Waals surface area contributed by atoms with E-state index in [9.17, 15) is 14.9 Å². The Hall–Kier alpha value is -3.83. The summed E-state index contributed by atoms with van der Waals surface area (Å²) in [6.07, 6.45) is 4.95. The van der Waals surface area contributed by atoms with Crippen LogP contribution >= 0.6 is 0 Å². The van der Waals surface area contributed by atoms with Crippen LogP contribution in [0.2, 0.25) is 0 Å². The van der Waals surface area contributed by atoms with E-state index in [0.717, 1.165) is 80.4 Å². The van der Waals surface area contributed by atoms with Crippen LogP contribution in [0, 0.1) is 17.2 Å². The zero-order valence-corrected chi connectivity index (χ0v) is 22.7. The Balaban J connectivity index is 1.32. The number of aromatic nitrogens is 1. The fourth-order valence-corrected chi connectivity index (χ4v) is 5.75. The molecule has 1 aromatic heterocycles. The molecule has 2 heterocycles. The van der Waals surface area contributed by atoms with Crippen LogP contribution < -0.4 is 5.32 Å². The molecule has 2 saturated carbocycles. The van der Waals surface area contributed by atoms with E-state index in [1.165, 1.54) is 0 Å². The van der Waals surface area contributed by atoms with E-state index in [4.69, 9.17) is 4.74 Å². The van der Waals surface area contributed by atoms with E-state index < -0.39 is 6.09 Å². The van der Waals surface area contributed by atoms with E-state index in [1.807, 2.05) is 54.3 Å². The summed E-state index contributed by atoms with van der Waals surface area (Å²) in [5.74, 6) is 0.526. The Morgan fingerprint density at radius 3 is 2.36 bits per heavy atom. The molecule has 0 bridgehead atoms. The van der Waals surface area contributed by atoms with Gasteiger partial charge < -0.3 is 19.1 Å². The van der Waals surface area contributed by atoms with Crippen molar-refractivity contribution in [3.8, 4) is 17.3 Å². The van der Waals surface area contributed by atoms with Crippen LogP contribution in [0.4, 0.5) is 10.5 Å². The van der Waals surface area contributed by atoms with Gasteiger partial charge in [-0.2, -0.15) is 5.26 Å². The molecule has 6 rings (SSSR count). The van der Waals surface area contributed by atoms with Gasteiger partial charge in [0.05, 0.1) is 16.8 Å². The lowest BCUT2D eigenvalue weighted by molar-refractivity contribution is 0.0664. The van der Waals surface area contributed by atoms with Crippen LogP contribution in [0.15, 0.2) is 42.5 Å². The molecule has 2 amide bonds. The van der Waals surface area contributed by atoms with Gasteiger partial charge in [-0.25, -0.2) is 4.79 Å². The lowest BCUT2D eigenvalue weighted by Crippen LogP contribution is -2.47. The number of fused-ring (bicyclic) bond motifs is 1. The zero-order valence-electron chi connectivity index (χ0n) is 22.7. The maximum Gasteiger partial charge on any atom is 0.411 e. The Morgan fingerprint density at radius 2 is 1.74 bits per heavy atom. The van der Waals surface area contributed by atoms with Gasteiger partial charge in [0.25, 0.3) is 5.91 Å². The summed E-state index contributed by atoms with van der Waals surface area (Å²) >= 11 is 0. The number of hydrogen-bond donors (Lipinski definition) is 1. The molecule has 3 fully saturated rings. The third-order valence-corrected chi connectivity index (χ3v) is 8.58. The smallest absolute Gasteiger partial charge is 0.411 e. The molecule has 8 heteroatoms. The molecule has 8 nitrogen and oxygen atoms in total. The van der Waals surface area contributed by atoms with Crippen LogP contribution in [0.25, 0.3) is 22.2 Å². The summed E-state index contributed by atoms with van der Waals surface area (Å²) in [6.45, 7) is 5.12. The maximum absolute atomic E-state index is 13.4. The van der Waals surface area contributed by atoms with Crippen molar-refractivity contribution in [2.24, 2.45) is 5.92 Å². The molecule has 1 atom stereocenters. The number of amides is 2. The molecule has 2 aromatic carbocycles. The SMILES string of the molecule is C[C@@H](OC(=O)Nc1ccc(-c2c(C#N)c3ccc(C(=O)N4CCN(C)CC4)cc3n2C2CCC2)cc1)C1CC1. The van der Waals surface area contributed by atoms with Crippen LogP contribution in [0.5, 0.6) is 0 Å². The topological polar surface area (TPSA) is 90.6 Å². The first kappa shape index (κ1) is 25.4. The number of piperazine rings is 1. The van der Waals surface area contributed by atoms with Gasteiger partial charge >= 0.3 is 6.09 Å². The van der Waals surface area contributed by atoms with Gasteiger partial charge in [-0.15, -0.1) is 0 Å². The predicted molar refractivity (Wildman–Crippen MR) is 151 cm³/mol.